The molecule has 5 N–H and O–H groups in total. The number of β-lactam (4-membered cyclic amide) rings is 1. The first kappa shape index (κ1) is 26.6. The number of carbonyl (C=O) groups excluding carboxylic acids is 2. The maximum absolute atomic E-state index is 13.2. The predicted molar refractivity (Wildman–Crippen MR) is 131 cm³/mol. The first-order valence-electron chi connectivity index (χ1n) is 11.0. The number of nitrogens with two attached hydrogens (primary N) is 2. The Hall–Kier alpha value is -2.47. The number of nitrogens with zero attached hydrogens (tertiary/aromatic N) is 6. The molecule has 196 valence electrons. The van der Waals surface area contributed by atoms with E-state index in [2.05, 4.69) is 15.5 Å². The number of carbonyl (C=O) groups is 3. The highest BCUT2D eigenvalue weighted by molar-refractivity contribution is 8.00. The molecule has 1 aromatic heterocycles. The highest BCUT2D eigenvalue weighted by Crippen LogP contribution is 2.46. The maximum Gasteiger partial charge on any atom is 0.313 e. The molecule has 2 aliphatic heterocycles. The predicted octanol–water partition coefficient (Wildman–Crippen LogP) is -1.57. The van der Waals surface area contributed by atoms with Gasteiger partial charge < -0.3 is 15.7 Å². The number of sulfonamides is 1. The Morgan fingerprint density at radius 2 is 2.14 bits per heavy atom. The normalized spacial score (nSPS) is 25.7. The van der Waals surface area contributed by atoms with Crippen LogP contribution in [0.3, 0.4) is 0 Å². The Bertz CT molecular complexity index is 1220. The van der Waals surface area contributed by atoms with Crippen molar-refractivity contribution in [1.29, 1.82) is 0 Å². The second-order valence-corrected chi connectivity index (χ2v) is 12.4. The zero-order valence-corrected chi connectivity index (χ0v) is 21.5. The lowest BCUT2D eigenvalue weighted by atomic mass is 9.88. The zero-order chi connectivity index (χ0) is 26.1. The van der Waals surface area contributed by atoms with Crippen molar-refractivity contribution in [3.05, 3.63) is 23.9 Å². The molecule has 3 aliphatic rings. The van der Waals surface area contributed by atoms with Crippen molar-refractivity contribution in [2.45, 2.75) is 36.0 Å². The zero-order valence-electron chi connectivity index (χ0n) is 19.1. The molecule has 36 heavy (non-hydrogen) atoms. The van der Waals surface area contributed by atoms with Crippen LogP contribution in [-0.2, 0) is 31.0 Å². The smallest absolute Gasteiger partial charge is 0.313 e. The number of tetrazole rings is 1. The second kappa shape index (κ2) is 10.5. The van der Waals surface area contributed by atoms with Gasteiger partial charge in [0.05, 0.1) is 18.8 Å². The van der Waals surface area contributed by atoms with Crippen LogP contribution in [0.4, 0.5) is 0 Å². The van der Waals surface area contributed by atoms with Gasteiger partial charge in [-0.3, -0.25) is 19.3 Å². The van der Waals surface area contributed by atoms with Crippen molar-refractivity contribution in [2.75, 3.05) is 30.3 Å². The van der Waals surface area contributed by atoms with Crippen molar-refractivity contribution in [1.82, 2.24) is 30.0 Å². The Kier molecular flexibility index (Phi) is 7.75. The fraction of sp³-hybridized carbons (Fsp3) is 0.579. The van der Waals surface area contributed by atoms with Gasteiger partial charge in [0.2, 0.25) is 27.0 Å². The van der Waals surface area contributed by atoms with Crippen LogP contribution in [0.2, 0.25) is 0 Å². The van der Waals surface area contributed by atoms with Gasteiger partial charge in [0.1, 0.15) is 16.8 Å². The molecule has 2 fully saturated rings. The number of carboxylic acids is 1. The molecule has 1 aliphatic carbocycles. The Labute approximate surface area is 215 Å². The third-order valence-electron chi connectivity index (χ3n) is 6.15. The van der Waals surface area contributed by atoms with E-state index in [1.807, 2.05) is 18.2 Å². The molecule has 0 aromatic carbocycles. The minimum absolute atomic E-state index is 0.0370. The van der Waals surface area contributed by atoms with Crippen LogP contribution in [0.25, 0.3) is 0 Å². The maximum atomic E-state index is 13.2. The Morgan fingerprint density at radius 3 is 2.78 bits per heavy atom. The average Bonchev–Trinajstić information content (AvgIpc) is 3.31. The van der Waals surface area contributed by atoms with Crippen LogP contribution in [0.1, 0.15) is 12.8 Å². The van der Waals surface area contributed by atoms with E-state index >= 15 is 0 Å². The molecule has 4 rings (SSSR count). The van der Waals surface area contributed by atoms with E-state index in [4.69, 9.17) is 10.9 Å². The number of rotatable bonds is 10. The van der Waals surface area contributed by atoms with Crippen LogP contribution in [0, 0.1) is 5.41 Å². The van der Waals surface area contributed by atoms with E-state index in [-0.39, 0.29) is 59.2 Å². The molecule has 2 saturated heterocycles. The van der Waals surface area contributed by atoms with Gasteiger partial charge in [0, 0.05) is 30.2 Å². The van der Waals surface area contributed by atoms with Gasteiger partial charge in [-0.15, -0.1) is 16.9 Å². The van der Waals surface area contributed by atoms with E-state index in [1.165, 1.54) is 26.2 Å². The molecule has 2 amide bonds. The third kappa shape index (κ3) is 5.29. The summed E-state index contributed by atoms with van der Waals surface area (Å²) >= 11 is 2.38. The van der Waals surface area contributed by atoms with Gasteiger partial charge in [-0.05, 0) is 16.8 Å². The summed E-state index contributed by atoms with van der Waals surface area (Å²) in [4.78, 5) is 41.2. The molecule has 0 bridgehead atoms. The lowest BCUT2D eigenvalue weighted by molar-refractivity contribution is -0.163. The summed E-state index contributed by atoms with van der Waals surface area (Å²) in [6, 6.07) is -0.728. The number of allylic oxidation sites excluding steroid dienone is 3. The van der Waals surface area contributed by atoms with Gasteiger partial charge in [-0.2, -0.15) is 0 Å². The molecule has 17 heteroatoms. The van der Waals surface area contributed by atoms with Gasteiger partial charge in [0.25, 0.3) is 0 Å². The first-order valence-corrected chi connectivity index (χ1v) is 14.7. The fourth-order valence-corrected chi connectivity index (χ4v) is 7.46. The molecule has 0 spiro atoms. The van der Waals surface area contributed by atoms with Gasteiger partial charge in [-0.1, -0.05) is 30.0 Å². The lowest BCUT2D eigenvalue weighted by Crippen LogP contribution is -2.74. The number of aliphatic carboxylic acids is 1. The molecule has 1 aromatic rings. The van der Waals surface area contributed by atoms with Gasteiger partial charge >= 0.3 is 5.97 Å². The van der Waals surface area contributed by atoms with Crippen LogP contribution in [0.15, 0.2) is 29.1 Å². The summed E-state index contributed by atoms with van der Waals surface area (Å²) < 4.78 is 23.8. The second-order valence-electron chi connectivity index (χ2n) is 8.61. The number of amides is 2. The van der Waals surface area contributed by atoms with Crippen molar-refractivity contribution >= 4 is 51.3 Å². The summed E-state index contributed by atoms with van der Waals surface area (Å²) in [7, 11) is -3.73. The van der Waals surface area contributed by atoms with Crippen molar-refractivity contribution in [2.24, 2.45) is 16.3 Å². The van der Waals surface area contributed by atoms with E-state index in [0.717, 1.165) is 17.5 Å². The number of fused-ring (bicyclic) bond motifs is 1. The number of primary sulfonamides is 1. The Balaban J connectivity index is 1.47. The summed E-state index contributed by atoms with van der Waals surface area (Å²) in [5, 5.41) is 26.1. The number of hydrogen-bond donors (Lipinski definition) is 3. The van der Waals surface area contributed by atoms with Gasteiger partial charge in [-0.25, -0.2) is 18.2 Å². The molecule has 3 atom stereocenters. The van der Waals surface area contributed by atoms with Crippen LogP contribution < -0.4 is 10.9 Å². The van der Waals surface area contributed by atoms with E-state index < -0.39 is 27.4 Å². The van der Waals surface area contributed by atoms with Crippen LogP contribution in [0.5, 0.6) is 0 Å². The summed E-state index contributed by atoms with van der Waals surface area (Å²) in [5.74, 6) is -1.88. The van der Waals surface area contributed by atoms with E-state index in [9.17, 15) is 27.9 Å². The molecule has 0 radical (unpaired) electrons. The number of aryl methyl sites for hydroxylation is 1. The number of aromatic nitrogens is 4. The van der Waals surface area contributed by atoms with Gasteiger partial charge in [0.15, 0.2) is 0 Å². The van der Waals surface area contributed by atoms with E-state index in [1.54, 1.807) is 0 Å². The standard InChI is InChI=1S/C19H26N8O6S3/c20-8-13(28)27(12-4-2-1-3-5-12)14-15(29)25-9-19(17(30)31,10-34-16(14)25)11-35-18-22-23-24-26(18)6-7-36(21,32)33/h1-2,5,14,16H,3-4,6-11,20H2,(H,30,31)(H2,21,32,33)/t14?,16-,19?/m1/s1. The lowest BCUT2D eigenvalue weighted by Gasteiger charge is -2.56. The topological polar surface area (TPSA) is 208 Å². The van der Waals surface area contributed by atoms with E-state index in [0.29, 0.717) is 12.8 Å². The molecule has 14 nitrogen and oxygen atoms in total. The van der Waals surface area contributed by atoms with Crippen LogP contribution in [-0.4, -0.2) is 103 Å². The summed E-state index contributed by atoms with van der Waals surface area (Å²) in [5.41, 5.74) is 5.06. The minimum Gasteiger partial charge on any atom is -0.481 e. The number of carboxylic acid groups (broad SMARTS) is 1. The SMILES string of the molecule is NCC(=O)N(C1=CCC=CC1)C1C(=O)N2CC(CSc3nnnn3CCS(N)(=O)=O)(C(=O)O)CS[C@H]12. The molecular formula is C19H26N8O6S3. The monoisotopic (exact) mass is 558 g/mol. The first-order chi connectivity index (χ1) is 17.1. The highest BCUT2D eigenvalue weighted by atomic mass is 32.2. The minimum atomic E-state index is -3.73. The molecule has 3 heterocycles. The summed E-state index contributed by atoms with van der Waals surface area (Å²) in [6.07, 6.45) is 6.98. The molecule has 2 unspecified atom stereocenters. The quantitative estimate of drug-likeness (QED) is 0.169. The number of hydrogen-bond acceptors (Lipinski definition) is 11. The fourth-order valence-electron chi connectivity index (χ4n) is 4.22. The average molecular weight is 559 g/mol. The molecular weight excluding hydrogens is 532 g/mol. The third-order valence-corrected chi connectivity index (χ3v) is 9.72. The van der Waals surface area contributed by atoms with Crippen molar-refractivity contribution in [3.8, 4) is 0 Å². The van der Waals surface area contributed by atoms with Crippen molar-refractivity contribution < 1.29 is 27.9 Å². The summed E-state index contributed by atoms with van der Waals surface area (Å²) in [6.45, 7) is -0.351. The largest absolute Gasteiger partial charge is 0.481 e. The van der Waals surface area contributed by atoms with Crippen molar-refractivity contribution in [3.63, 3.8) is 0 Å². The highest BCUT2D eigenvalue weighted by Gasteiger charge is 2.59. The molecule has 0 saturated carbocycles. The Morgan fingerprint density at radius 1 is 1.36 bits per heavy atom. The van der Waals surface area contributed by atoms with Crippen LogP contribution >= 0.6 is 23.5 Å². The number of thioether (sulfide) groups is 2.